The topological polar surface area (TPSA) is 35.0 Å². The van der Waals surface area contributed by atoms with E-state index in [4.69, 9.17) is 11.2 Å². The van der Waals surface area contributed by atoms with Crippen LogP contribution in [0.4, 0.5) is 0 Å². The van der Waals surface area contributed by atoms with Crippen molar-refractivity contribution in [1.29, 1.82) is 0 Å². The molecule has 0 aliphatic carbocycles. The minimum absolute atomic E-state index is 0.0396. The molecule has 1 unspecified atom stereocenters. The van der Waals surface area contributed by atoms with Crippen LogP contribution in [0.15, 0.2) is 18.7 Å². The summed E-state index contributed by atoms with van der Waals surface area (Å²) in [5.41, 5.74) is 0.938. The summed E-state index contributed by atoms with van der Waals surface area (Å²) in [7, 11) is 0. The molecular formula is C9H10N2O. The molecule has 0 spiro atoms. The largest absolute Gasteiger partial charge is 0.361 e. The third kappa shape index (κ3) is 2.33. The van der Waals surface area contributed by atoms with Crippen LogP contribution in [0.3, 0.4) is 0 Å². The number of terminal acetylenes is 1. The smallest absolute Gasteiger partial charge is 0.115 e. The molecule has 0 aliphatic heterocycles. The Balaban J connectivity index is 2.55. The maximum atomic E-state index is 5.26. The Morgan fingerprint density at radius 3 is 2.83 bits per heavy atom. The zero-order valence-corrected chi connectivity index (χ0v) is 6.90. The van der Waals surface area contributed by atoms with Crippen LogP contribution in [-0.2, 0) is 4.74 Å². The molecule has 12 heavy (non-hydrogen) atoms. The lowest BCUT2D eigenvalue weighted by molar-refractivity contribution is 0.0921. The Morgan fingerprint density at radius 1 is 1.58 bits per heavy atom. The third-order valence-corrected chi connectivity index (χ3v) is 1.47. The van der Waals surface area contributed by atoms with E-state index in [-0.39, 0.29) is 6.10 Å². The minimum atomic E-state index is -0.0396. The predicted molar refractivity (Wildman–Crippen MR) is 45.2 cm³/mol. The summed E-state index contributed by atoms with van der Waals surface area (Å²) < 4.78 is 5.26. The van der Waals surface area contributed by atoms with Gasteiger partial charge in [-0.05, 0) is 6.92 Å². The fraction of sp³-hybridized carbons (Fsp3) is 0.333. The van der Waals surface area contributed by atoms with Gasteiger partial charge in [-0.25, -0.2) is 9.97 Å². The van der Waals surface area contributed by atoms with Crippen molar-refractivity contribution in [2.45, 2.75) is 13.0 Å². The summed E-state index contributed by atoms with van der Waals surface area (Å²) in [6.45, 7) is 2.23. The van der Waals surface area contributed by atoms with Crippen molar-refractivity contribution < 1.29 is 4.74 Å². The lowest BCUT2D eigenvalue weighted by Crippen LogP contribution is -2.00. The summed E-state index contributed by atoms with van der Waals surface area (Å²) >= 11 is 0. The highest BCUT2D eigenvalue weighted by Gasteiger charge is 2.03. The molecule has 1 aromatic rings. The number of ether oxygens (including phenoxy) is 1. The van der Waals surface area contributed by atoms with Crippen LogP contribution in [0.25, 0.3) is 0 Å². The first-order chi connectivity index (χ1) is 5.84. The summed E-state index contributed by atoms with van der Waals surface area (Å²) in [6.07, 6.45) is 9.93. The second-order valence-electron chi connectivity index (χ2n) is 2.33. The molecule has 0 saturated carbocycles. The van der Waals surface area contributed by atoms with Gasteiger partial charge < -0.3 is 4.74 Å². The molecule has 1 rings (SSSR count). The molecule has 0 amide bonds. The van der Waals surface area contributed by atoms with Crippen molar-refractivity contribution in [2.75, 3.05) is 6.61 Å². The Bertz CT molecular complexity index is 266. The summed E-state index contributed by atoms with van der Waals surface area (Å²) in [4.78, 5) is 7.74. The van der Waals surface area contributed by atoms with Gasteiger partial charge >= 0.3 is 0 Å². The number of nitrogens with zero attached hydrogens (tertiary/aromatic N) is 2. The molecule has 0 N–H and O–H groups in total. The van der Waals surface area contributed by atoms with Crippen LogP contribution in [0, 0.1) is 12.3 Å². The van der Waals surface area contributed by atoms with Crippen molar-refractivity contribution in [3.63, 3.8) is 0 Å². The van der Waals surface area contributed by atoms with Crippen LogP contribution in [-0.4, -0.2) is 16.6 Å². The van der Waals surface area contributed by atoms with Gasteiger partial charge in [0.15, 0.2) is 0 Å². The lowest BCUT2D eigenvalue weighted by atomic mass is 10.2. The second kappa shape index (κ2) is 4.47. The third-order valence-electron chi connectivity index (χ3n) is 1.47. The second-order valence-corrected chi connectivity index (χ2v) is 2.33. The standard InChI is InChI=1S/C9H10N2O/c1-3-4-12-8(2)9-5-10-7-11-6-9/h1,5-8H,4H2,2H3. The highest BCUT2D eigenvalue weighted by molar-refractivity contribution is 5.05. The lowest BCUT2D eigenvalue weighted by Gasteiger charge is -2.09. The first-order valence-electron chi connectivity index (χ1n) is 3.64. The maximum absolute atomic E-state index is 5.26. The quantitative estimate of drug-likeness (QED) is 0.626. The molecule has 1 atom stereocenters. The van der Waals surface area contributed by atoms with E-state index in [1.165, 1.54) is 6.33 Å². The number of hydrogen-bond acceptors (Lipinski definition) is 3. The maximum Gasteiger partial charge on any atom is 0.115 e. The molecule has 3 heteroatoms. The number of rotatable bonds is 3. The highest BCUT2D eigenvalue weighted by Crippen LogP contribution is 2.12. The van der Waals surface area contributed by atoms with Crippen LogP contribution in [0.1, 0.15) is 18.6 Å². The van der Waals surface area contributed by atoms with Gasteiger partial charge in [0.2, 0.25) is 0 Å². The molecule has 3 nitrogen and oxygen atoms in total. The van der Waals surface area contributed by atoms with E-state index >= 15 is 0 Å². The fourth-order valence-corrected chi connectivity index (χ4v) is 0.790. The van der Waals surface area contributed by atoms with Crippen LogP contribution >= 0.6 is 0 Å². The molecule has 1 aromatic heterocycles. The van der Waals surface area contributed by atoms with Gasteiger partial charge in [-0.1, -0.05) is 5.92 Å². The van der Waals surface area contributed by atoms with Crippen molar-refractivity contribution in [3.05, 3.63) is 24.3 Å². The van der Waals surface area contributed by atoms with E-state index in [1.807, 2.05) is 6.92 Å². The zero-order chi connectivity index (χ0) is 8.81. The monoisotopic (exact) mass is 162 g/mol. The Hall–Kier alpha value is -1.40. The molecule has 0 bridgehead atoms. The normalized spacial score (nSPS) is 12.0. The van der Waals surface area contributed by atoms with Gasteiger partial charge in [0.05, 0.1) is 6.10 Å². The molecule has 1 heterocycles. The Kier molecular flexibility index (Phi) is 3.24. The zero-order valence-electron chi connectivity index (χ0n) is 6.90. The van der Waals surface area contributed by atoms with E-state index in [0.29, 0.717) is 6.61 Å². The van der Waals surface area contributed by atoms with Crippen LogP contribution in [0.2, 0.25) is 0 Å². The first kappa shape index (κ1) is 8.69. The summed E-state index contributed by atoms with van der Waals surface area (Å²) in [5.74, 6) is 2.41. The Morgan fingerprint density at radius 2 is 2.25 bits per heavy atom. The fourth-order valence-electron chi connectivity index (χ4n) is 0.790. The van der Waals surface area contributed by atoms with Crippen LogP contribution in [0.5, 0.6) is 0 Å². The molecule has 62 valence electrons. The van der Waals surface area contributed by atoms with Gasteiger partial charge in [0.25, 0.3) is 0 Å². The molecule has 0 saturated heterocycles. The van der Waals surface area contributed by atoms with Crippen molar-refractivity contribution in [2.24, 2.45) is 0 Å². The van der Waals surface area contributed by atoms with E-state index < -0.39 is 0 Å². The van der Waals surface area contributed by atoms with Crippen molar-refractivity contribution in [1.82, 2.24) is 9.97 Å². The predicted octanol–water partition coefficient (Wildman–Crippen LogP) is 1.19. The first-order valence-corrected chi connectivity index (χ1v) is 3.64. The number of aromatic nitrogens is 2. The minimum Gasteiger partial charge on any atom is -0.361 e. The van der Waals surface area contributed by atoms with Crippen LogP contribution < -0.4 is 0 Å². The molecular weight excluding hydrogens is 152 g/mol. The molecule has 0 radical (unpaired) electrons. The van der Waals surface area contributed by atoms with E-state index in [9.17, 15) is 0 Å². The summed E-state index contributed by atoms with van der Waals surface area (Å²) in [6, 6.07) is 0. The van der Waals surface area contributed by atoms with Gasteiger partial charge in [-0.3, -0.25) is 0 Å². The molecule has 0 fully saturated rings. The van der Waals surface area contributed by atoms with Gasteiger partial charge in [-0.2, -0.15) is 0 Å². The van der Waals surface area contributed by atoms with E-state index in [1.54, 1.807) is 12.4 Å². The van der Waals surface area contributed by atoms with E-state index in [2.05, 4.69) is 15.9 Å². The average molecular weight is 162 g/mol. The molecule has 0 aliphatic rings. The average Bonchev–Trinajstić information content (AvgIpc) is 2.15. The SMILES string of the molecule is C#CCOC(C)c1cncnc1. The highest BCUT2D eigenvalue weighted by atomic mass is 16.5. The summed E-state index contributed by atoms with van der Waals surface area (Å²) in [5, 5.41) is 0. The molecule has 0 aromatic carbocycles. The van der Waals surface area contributed by atoms with Gasteiger partial charge in [-0.15, -0.1) is 6.42 Å². The Labute approximate surface area is 71.8 Å². The van der Waals surface area contributed by atoms with Gasteiger partial charge in [0.1, 0.15) is 12.9 Å². The van der Waals surface area contributed by atoms with Crippen molar-refractivity contribution >= 4 is 0 Å². The van der Waals surface area contributed by atoms with Crippen molar-refractivity contribution in [3.8, 4) is 12.3 Å². The van der Waals surface area contributed by atoms with E-state index in [0.717, 1.165) is 5.56 Å². The number of hydrogen-bond donors (Lipinski definition) is 0. The van der Waals surface area contributed by atoms with Gasteiger partial charge in [0, 0.05) is 18.0 Å².